The monoisotopic (exact) mass is 820 g/mol. The number of hydrogen-bond acceptors (Lipinski definition) is 12. The van der Waals surface area contributed by atoms with Gasteiger partial charge in [0.2, 0.25) is 12.4 Å². The highest BCUT2D eigenvalue weighted by molar-refractivity contribution is 8.00. The third kappa shape index (κ3) is 8.15. The molecule has 2 aliphatic rings. The maximum absolute atomic E-state index is 13.8. The number of esters is 1. The van der Waals surface area contributed by atoms with E-state index >= 15 is 0 Å². The lowest BCUT2D eigenvalue weighted by Gasteiger charge is -2.48. The van der Waals surface area contributed by atoms with Crippen molar-refractivity contribution >= 4 is 69.4 Å². The van der Waals surface area contributed by atoms with Gasteiger partial charge in [-0.2, -0.15) is 0 Å². The van der Waals surface area contributed by atoms with E-state index in [1.165, 1.54) is 58.8 Å². The molecular weight excluding hydrogens is 783 g/mol. The molecule has 2 aromatic heterocycles. The number of fused-ring (bicyclic) bond motifs is 1. The van der Waals surface area contributed by atoms with Crippen LogP contribution in [0.15, 0.2) is 143 Å². The number of thiazole rings is 1. The predicted molar refractivity (Wildman–Crippen MR) is 220 cm³/mol. The Morgan fingerprint density at radius 2 is 1.56 bits per heavy atom. The fourth-order valence-electron chi connectivity index (χ4n) is 6.50. The molecule has 0 spiro atoms. The maximum Gasteiger partial charge on any atom is 0.355 e. The molecule has 1 unspecified atom stereocenters. The Hall–Kier alpha value is -5.97. The number of carbonyl (C=O) groups excluding carboxylic acids is 4. The topological polar surface area (TPSA) is 146 Å². The molecule has 16 heteroatoms. The van der Waals surface area contributed by atoms with Gasteiger partial charge in [-0.1, -0.05) is 113 Å². The Morgan fingerprint density at radius 1 is 0.965 bits per heavy atom. The first-order valence-electron chi connectivity index (χ1n) is 17.7. The summed E-state index contributed by atoms with van der Waals surface area (Å²) in [5.41, 5.74) is 2.39. The normalized spacial score (nSPS) is 16.4. The number of oxime groups is 1. The summed E-state index contributed by atoms with van der Waals surface area (Å²) in [5.74, 6) is -1.42. The Morgan fingerprint density at radius 3 is 2.12 bits per heavy atom. The van der Waals surface area contributed by atoms with Crippen molar-refractivity contribution in [2.45, 2.75) is 28.8 Å². The molecule has 4 heterocycles. The number of aromatic nitrogens is 2. The van der Waals surface area contributed by atoms with Crippen molar-refractivity contribution in [3.63, 3.8) is 0 Å². The van der Waals surface area contributed by atoms with E-state index in [9.17, 15) is 19.2 Å². The van der Waals surface area contributed by atoms with Crippen LogP contribution in [0.3, 0.4) is 0 Å². The Bertz CT molecular complexity index is 2210. The molecular formula is C41H38N7O6S3+. The van der Waals surface area contributed by atoms with Crippen LogP contribution < -0.4 is 20.3 Å². The summed E-state index contributed by atoms with van der Waals surface area (Å²) in [6, 6.07) is 32.9. The lowest BCUT2D eigenvalue weighted by molar-refractivity contribution is -0.680. The standard InChI is InChI=1S/C41H37N7O6S3/c1-27(49)46(2)47-22-19-31(20-23-47)57-26-54-39(52)33-21-24-55-38-35(37(51)48(33)38)43-36(50)34(45-53-3)32-25-56-40(42-32)44-41(28-13-7-4-8-14-28,29-15-9-5-10-16-29)30-17-11-6-12-18-30/h4-23,25,35,38H,24,26H2,1-3H3,(H-,42,43,44,50)/p+1/t35?,38-/m0/s1. The first-order valence-corrected chi connectivity index (χ1v) is 20.7. The SMILES string of the molecule is CON=C(C(=O)NC1C(=O)N2C(C(=O)OCSc3cc[n+](N(C)C(C)=O)cc3)=CCS[C@@H]12)c1csc(NC(c2ccccc2)(c2ccccc2)c2ccccc2)n1. The van der Waals surface area contributed by atoms with E-state index in [4.69, 9.17) is 14.6 Å². The van der Waals surface area contributed by atoms with E-state index in [0.717, 1.165) is 21.6 Å². The van der Waals surface area contributed by atoms with Crippen LogP contribution in [-0.2, 0) is 34.3 Å². The van der Waals surface area contributed by atoms with E-state index in [-0.39, 0.29) is 28.9 Å². The van der Waals surface area contributed by atoms with Gasteiger partial charge >= 0.3 is 5.97 Å². The maximum atomic E-state index is 13.8. The molecule has 2 atom stereocenters. The van der Waals surface area contributed by atoms with Gasteiger partial charge in [0.1, 0.15) is 41.4 Å². The van der Waals surface area contributed by atoms with E-state index in [0.29, 0.717) is 10.9 Å². The lowest BCUT2D eigenvalue weighted by Crippen LogP contribution is -2.70. The van der Waals surface area contributed by atoms with Gasteiger partial charge in [0.05, 0.1) is 7.05 Å². The molecule has 3 aromatic carbocycles. The number of nitrogens with zero attached hydrogens (tertiary/aromatic N) is 5. The van der Waals surface area contributed by atoms with Crippen LogP contribution in [0.5, 0.6) is 0 Å². The number of hydrogen-bond donors (Lipinski definition) is 2. The number of thioether (sulfide) groups is 2. The van der Waals surface area contributed by atoms with Crippen molar-refractivity contribution in [1.29, 1.82) is 0 Å². The molecule has 2 N–H and O–H groups in total. The summed E-state index contributed by atoms with van der Waals surface area (Å²) >= 11 is 4.01. The zero-order chi connectivity index (χ0) is 39.9. The summed E-state index contributed by atoms with van der Waals surface area (Å²) in [6.45, 7) is 1.47. The molecule has 0 aliphatic carbocycles. The third-order valence-electron chi connectivity index (χ3n) is 9.40. The highest BCUT2D eigenvalue weighted by Gasteiger charge is 2.53. The number of amides is 3. The molecule has 1 fully saturated rings. The average molecular weight is 821 g/mol. The number of pyridine rings is 1. The number of benzene rings is 3. The number of nitrogens with one attached hydrogen (secondary N) is 2. The van der Waals surface area contributed by atoms with Crippen molar-refractivity contribution < 1.29 is 33.4 Å². The Kier molecular flexibility index (Phi) is 12.0. The number of rotatable bonds is 14. The Balaban J connectivity index is 1.03. The zero-order valence-corrected chi connectivity index (χ0v) is 33.6. The number of anilines is 1. The summed E-state index contributed by atoms with van der Waals surface area (Å²) in [5, 5.41) is 13.7. The van der Waals surface area contributed by atoms with Gasteiger partial charge in [0, 0.05) is 35.1 Å². The minimum Gasteiger partial charge on any atom is -0.450 e. The van der Waals surface area contributed by atoms with Crippen LogP contribution in [0.1, 0.15) is 29.3 Å². The van der Waals surface area contributed by atoms with Gasteiger partial charge in [-0.25, -0.2) is 9.78 Å². The smallest absolute Gasteiger partial charge is 0.355 e. The molecule has 0 saturated carbocycles. The summed E-state index contributed by atoms with van der Waals surface area (Å²) in [7, 11) is 2.99. The average Bonchev–Trinajstić information content (AvgIpc) is 3.72. The summed E-state index contributed by atoms with van der Waals surface area (Å²) in [4.78, 5) is 64.1. The van der Waals surface area contributed by atoms with Gasteiger partial charge in [-0.15, -0.1) is 28.1 Å². The van der Waals surface area contributed by atoms with E-state index in [1.807, 2.05) is 54.6 Å². The van der Waals surface area contributed by atoms with Crippen molar-refractivity contribution in [2.24, 2.45) is 5.16 Å². The van der Waals surface area contributed by atoms with Crippen molar-refractivity contribution in [3.05, 3.63) is 155 Å². The largest absolute Gasteiger partial charge is 0.450 e. The van der Waals surface area contributed by atoms with Crippen LogP contribution in [0.25, 0.3) is 0 Å². The molecule has 0 radical (unpaired) electrons. The van der Waals surface area contributed by atoms with E-state index < -0.39 is 34.7 Å². The van der Waals surface area contributed by atoms with Crippen molar-refractivity contribution in [3.8, 4) is 0 Å². The second kappa shape index (κ2) is 17.4. The zero-order valence-electron chi connectivity index (χ0n) is 31.1. The number of carbonyl (C=O) groups is 4. The second-order valence-electron chi connectivity index (χ2n) is 12.8. The lowest BCUT2D eigenvalue weighted by atomic mass is 9.77. The molecule has 1 saturated heterocycles. The van der Waals surface area contributed by atoms with Crippen molar-refractivity contribution in [2.75, 3.05) is 36.2 Å². The first-order chi connectivity index (χ1) is 27.7. The first kappa shape index (κ1) is 39.3. The molecule has 57 heavy (non-hydrogen) atoms. The van der Waals surface area contributed by atoms with Gasteiger partial charge in [0.25, 0.3) is 17.7 Å². The molecule has 13 nitrogen and oxygen atoms in total. The minimum absolute atomic E-state index is 0.00718. The molecule has 5 aromatic rings. The molecule has 0 bridgehead atoms. The van der Waals surface area contributed by atoms with Crippen LogP contribution in [0.2, 0.25) is 0 Å². The fraction of sp³-hybridized carbons (Fsp3) is 0.195. The molecule has 290 valence electrons. The van der Waals surface area contributed by atoms with Crippen LogP contribution in [-0.4, -0.2) is 76.6 Å². The quantitative estimate of drug-likeness (QED) is 0.0233. The van der Waals surface area contributed by atoms with Gasteiger partial charge in [0.15, 0.2) is 10.8 Å². The second-order valence-corrected chi connectivity index (χ2v) is 15.8. The van der Waals surface area contributed by atoms with Gasteiger partial charge in [-0.3, -0.25) is 19.3 Å². The Labute approximate surface area is 341 Å². The van der Waals surface area contributed by atoms with Crippen LogP contribution >= 0.6 is 34.9 Å². The van der Waals surface area contributed by atoms with E-state index in [2.05, 4.69) is 52.2 Å². The highest BCUT2D eigenvalue weighted by atomic mass is 32.2. The number of β-lactam (4-membered cyclic amide) rings is 1. The van der Waals surface area contributed by atoms with Gasteiger partial charge < -0.3 is 20.2 Å². The number of ether oxygens (including phenoxy) is 1. The fourth-order valence-corrected chi connectivity index (χ4v) is 9.07. The van der Waals surface area contributed by atoms with Crippen LogP contribution in [0.4, 0.5) is 5.13 Å². The minimum atomic E-state index is -0.919. The third-order valence-corrected chi connectivity index (χ3v) is 12.2. The van der Waals surface area contributed by atoms with E-state index in [1.54, 1.807) is 47.7 Å². The van der Waals surface area contributed by atoms with Crippen molar-refractivity contribution in [1.82, 2.24) is 15.2 Å². The molecule has 7 rings (SSSR count). The van der Waals surface area contributed by atoms with Gasteiger partial charge in [-0.05, 0) is 22.8 Å². The molecule has 3 amide bonds. The van der Waals surface area contributed by atoms with Crippen LogP contribution in [0, 0.1) is 0 Å². The molecule has 2 aliphatic heterocycles. The summed E-state index contributed by atoms with van der Waals surface area (Å²) < 4.78 is 7.15. The highest BCUT2D eigenvalue weighted by Crippen LogP contribution is 2.41. The summed E-state index contributed by atoms with van der Waals surface area (Å²) in [6.07, 6.45) is 5.10. The predicted octanol–water partition coefficient (Wildman–Crippen LogP) is 4.88.